The first-order valence-corrected chi connectivity index (χ1v) is 15.5. The first-order chi connectivity index (χ1) is 19.0. The van der Waals surface area contributed by atoms with E-state index in [9.17, 15) is 22.8 Å². The van der Waals surface area contributed by atoms with E-state index in [1.54, 1.807) is 11.1 Å². The molecule has 0 radical (unpaired) electrons. The number of nitrogens with zero attached hydrogens (tertiary/aromatic N) is 3. The number of ether oxygens (including phenoxy) is 2. The van der Waals surface area contributed by atoms with Gasteiger partial charge >= 0.3 is 12.1 Å². The zero-order chi connectivity index (χ0) is 28.7. The van der Waals surface area contributed by atoms with E-state index >= 15 is 0 Å². The quantitative estimate of drug-likeness (QED) is 0.282. The monoisotopic (exact) mass is 590 g/mol. The number of carbonyl (C=O) groups excluding carboxylic acids is 3. The summed E-state index contributed by atoms with van der Waals surface area (Å²) in [6.07, 6.45) is 2.76. The molecule has 40 heavy (non-hydrogen) atoms. The summed E-state index contributed by atoms with van der Waals surface area (Å²) in [6, 6.07) is 5.46. The molecule has 0 aliphatic carbocycles. The van der Waals surface area contributed by atoms with Crippen molar-refractivity contribution in [3.8, 4) is 22.3 Å². The minimum Gasteiger partial charge on any atom is -0.444 e. The second-order valence-electron chi connectivity index (χ2n) is 10.4. The van der Waals surface area contributed by atoms with Crippen LogP contribution in [-0.4, -0.2) is 96.0 Å². The molecule has 12 nitrogen and oxygen atoms in total. The Morgan fingerprint density at radius 3 is 2.75 bits per heavy atom. The number of nitrogens with one attached hydrogen (secondary N) is 1. The minimum atomic E-state index is -3.85. The Morgan fingerprint density at radius 2 is 2.10 bits per heavy atom. The van der Waals surface area contributed by atoms with Crippen LogP contribution in [0.15, 0.2) is 24.4 Å². The first-order valence-electron chi connectivity index (χ1n) is 12.8. The Bertz CT molecular complexity index is 1490. The maximum absolute atomic E-state index is 13.0. The van der Waals surface area contributed by atoms with Crippen molar-refractivity contribution in [2.45, 2.75) is 37.2 Å². The summed E-state index contributed by atoms with van der Waals surface area (Å²) in [6.45, 7) is 3.68. The Balaban J connectivity index is 1.15. The van der Waals surface area contributed by atoms with Crippen LogP contribution >= 0.6 is 11.3 Å². The predicted octanol–water partition coefficient (Wildman–Crippen LogP) is 1.91. The van der Waals surface area contributed by atoms with Crippen LogP contribution in [0.4, 0.5) is 9.59 Å². The van der Waals surface area contributed by atoms with Gasteiger partial charge in [0, 0.05) is 54.6 Å². The average Bonchev–Trinajstić information content (AvgIpc) is 3.67. The third kappa shape index (κ3) is 5.46. The highest BCUT2D eigenvalue weighted by atomic mass is 32.2. The standard InChI is InChI=1S/C26H30N4O8S2/c1-26(23(31)27-34,40(2,35)36)8-9-28-15-19-11-18(14-30(19)24(28)32)22-6-5-21(39-22)4-3-17-12-29(13-17)25(33)38-20-7-10-37-16-20/h5-6,11,14,17,20,34H,7-10,12-13,15-16H2,1-2H3,(H,27,31). The molecule has 0 bridgehead atoms. The normalized spacial score (nSPS) is 20.4. The van der Waals surface area contributed by atoms with Crippen LogP contribution in [0.25, 0.3) is 10.4 Å². The molecule has 2 fully saturated rings. The first kappa shape index (κ1) is 28.2. The van der Waals surface area contributed by atoms with Gasteiger partial charge in [-0.2, -0.15) is 0 Å². The summed E-state index contributed by atoms with van der Waals surface area (Å²) < 4.78 is 34.7. The topological polar surface area (TPSA) is 147 Å². The number of thiophene rings is 1. The van der Waals surface area contributed by atoms with Gasteiger partial charge in [-0.3, -0.25) is 14.6 Å². The molecule has 2 aromatic heterocycles. The van der Waals surface area contributed by atoms with E-state index in [4.69, 9.17) is 14.7 Å². The smallest absolute Gasteiger partial charge is 0.410 e. The number of hydrogen-bond donors (Lipinski definition) is 2. The fourth-order valence-corrected chi connectivity index (χ4v) is 6.44. The minimum absolute atomic E-state index is 0.0247. The molecular weight excluding hydrogens is 560 g/mol. The Kier molecular flexibility index (Phi) is 7.66. The van der Waals surface area contributed by atoms with E-state index in [1.807, 2.05) is 18.2 Å². The number of hydrogen-bond acceptors (Lipinski definition) is 9. The number of likely N-dealkylation sites (tertiary alicyclic amines) is 1. The van der Waals surface area contributed by atoms with Crippen LogP contribution in [0.5, 0.6) is 0 Å². The highest BCUT2D eigenvalue weighted by Crippen LogP contribution is 2.33. The van der Waals surface area contributed by atoms with Crippen molar-refractivity contribution in [3.05, 3.63) is 35.0 Å². The van der Waals surface area contributed by atoms with Crippen molar-refractivity contribution < 1.29 is 37.5 Å². The van der Waals surface area contributed by atoms with Crippen LogP contribution in [-0.2, 0) is 30.7 Å². The highest BCUT2D eigenvalue weighted by molar-refractivity contribution is 7.92. The van der Waals surface area contributed by atoms with E-state index in [0.717, 1.165) is 33.7 Å². The van der Waals surface area contributed by atoms with E-state index < -0.39 is 20.5 Å². The summed E-state index contributed by atoms with van der Waals surface area (Å²) >= 11 is 1.51. The van der Waals surface area contributed by atoms with E-state index in [0.29, 0.717) is 26.3 Å². The van der Waals surface area contributed by atoms with Gasteiger partial charge in [0.15, 0.2) is 14.6 Å². The fourth-order valence-electron chi connectivity index (χ4n) is 4.74. The number of carbonyl (C=O) groups is 3. The lowest BCUT2D eigenvalue weighted by Gasteiger charge is -2.35. The predicted molar refractivity (Wildman–Crippen MR) is 144 cm³/mol. The van der Waals surface area contributed by atoms with Gasteiger partial charge in [0.05, 0.1) is 30.6 Å². The largest absolute Gasteiger partial charge is 0.444 e. The third-order valence-corrected chi connectivity index (χ3v) is 10.6. The average molecular weight is 591 g/mol. The molecule has 2 N–H and O–H groups in total. The van der Waals surface area contributed by atoms with Gasteiger partial charge in [-0.1, -0.05) is 11.8 Å². The number of rotatable bonds is 7. The van der Waals surface area contributed by atoms with Crippen molar-refractivity contribution >= 4 is 39.2 Å². The molecule has 3 amide bonds. The van der Waals surface area contributed by atoms with Gasteiger partial charge in [0.25, 0.3) is 5.91 Å². The van der Waals surface area contributed by atoms with Crippen LogP contribution in [0.2, 0.25) is 0 Å². The maximum atomic E-state index is 13.0. The second kappa shape index (κ2) is 10.9. The summed E-state index contributed by atoms with van der Waals surface area (Å²) in [5, 5.41) is 9.00. The summed E-state index contributed by atoms with van der Waals surface area (Å²) in [7, 11) is -3.85. The second-order valence-corrected chi connectivity index (χ2v) is 13.9. The fraction of sp³-hybridized carbons (Fsp3) is 0.500. The lowest BCUT2D eigenvalue weighted by molar-refractivity contribution is -0.131. The number of fused-ring (bicyclic) bond motifs is 1. The van der Waals surface area contributed by atoms with Gasteiger partial charge in [-0.05, 0) is 31.5 Å². The molecule has 3 aliphatic heterocycles. The maximum Gasteiger partial charge on any atom is 0.410 e. The highest BCUT2D eigenvalue weighted by Gasteiger charge is 2.44. The van der Waals surface area contributed by atoms with Crippen molar-refractivity contribution in [1.29, 1.82) is 0 Å². The lowest BCUT2D eigenvalue weighted by atomic mass is 10.0. The van der Waals surface area contributed by atoms with Crippen molar-refractivity contribution in [2.75, 3.05) is 39.1 Å². The van der Waals surface area contributed by atoms with E-state index in [-0.39, 0.29) is 43.7 Å². The molecule has 0 saturated carbocycles. The molecule has 214 valence electrons. The zero-order valence-electron chi connectivity index (χ0n) is 22.1. The van der Waals surface area contributed by atoms with Gasteiger partial charge in [0.1, 0.15) is 6.10 Å². The van der Waals surface area contributed by atoms with E-state index in [2.05, 4.69) is 11.8 Å². The molecule has 2 atom stereocenters. The number of aromatic nitrogens is 1. The zero-order valence-corrected chi connectivity index (χ0v) is 23.7. The van der Waals surface area contributed by atoms with Crippen LogP contribution < -0.4 is 5.48 Å². The number of sulfone groups is 1. The van der Waals surface area contributed by atoms with Crippen molar-refractivity contribution in [1.82, 2.24) is 19.8 Å². The molecule has 5 rings (SSSR count). The summed E-state index contributed by atoms with van der Waals surface area (Å²) in [5.41, 5.74) is 3.04. The van der Waals surface area contributed by atoms with Gasteiger partial charge in [-0.15, -0.1) is 11.3 Å². The third-order valence-electron chi connectivity index (χ3n) is 7.57. The molecular formula is C26H30N4O8S2. The molecule has 14 heteroatoms. The summed E-state index contributed by atoms with van der Waals surface area (Å²) in [5.74, 6) is 5.45. The van der Waals surface area contributed by atoms with Gasteiger partial charge < -0.3 is 19.3 Å². The molecule has 2 aromatic rings. The van der Waals surface area contributed by atoms with E-state index in [1.165, 1.54) is 33.2 Å². The molecule has 2 unspecified atom stereocenters. The lowest BCUT2D eigenvalue weighted by Crippen LogP contribution is -2.50. The van der Waals surface area contributed by atoms with Crippen molar-refractivity contribution in [3.63, 3.8) is 0 Å². The van der Waals surface area contributed by atoms with Crippen molar-refractivity contribution in [2.24, 2.45) is 5.92 Å². The van der Waals surface area contributed by atoms with Crippen LogP contribution in [0.3, 0.4) is 0 Å². The molecule has 0 aromatic carbocycles. The molecule has 2 saturated heterocycles. The molecule has 5 heterocycles. The van der Waals surface area contributed by atoms with Crippen LogP contribution in [0.1, 0.15) is 30.3 Å². The summed E-state index contributed by atoms with van der Waals surface area (Å²) in [4.78, 5) is 42.1. The van der Waals surface area contributed by atoms with Crippen LogP contribution in [0, 0.1) is 17.8 Å². The van der Waals surface area contributed by atoms with Gasteiger partial charge in [-0.25, -0.2) is 23.5 Å². The SMILES string of the molecule is CC(CCN1Cc2cc(-c3ccc(C#CC4CN(C(=O)OC5CCOC5)C4)s3)cn2C1=O)(C(=O)NO)S(C)(=O)=O. The number of amides is 3. The number of hydroxylamine groups is 1. The Morgan fingerprint density at radius 1 is 1.32 bits per heavy atom. The Hall–Kier alpha value is -3.38. The molecule has 0 spiro atoms. The molecule has 3 aliphatic rings. The van der Waals surface area contributed by atoms with Gasteiger partial charge in [0.2, 0.25) is 0 Å². The Labute approximate surface area is 235 Å².